The molecule has 0 atom stereocenters. The topological polar surface area (TPSA) is 131 Å². The molecule has 370 valence electrons. The molecule has 11 nitrogen and oxygen atoms in total. The number of methoxy groups -OCH3 is 1. The van der Waals surface area contributed by atoms with Gasteiger partial charge in [-0.1, -0.05) is 68.3 Å². The Labute approximate surface area is 448 Å². The third kappa shape index (κ3) is 18.9. The molecule has 0 spiro atoms. The van der Waals surface area contributed by atoms with Crippen LogP contribution in [0.25, 0.3) is 0 Å². The largest absolute Gasteiger partial charge is 2.00 e. The van der Waals surface area contributed by atoms with Gasteiger partial charge in [-0.2, -0.15) is 0 Å². The molecule has 4 heterocycles. The standard InChI is InChI=1S/C15H23BO3.C12H24B2O4.C9H11BrO.C8H7BrO2.C4H8O.CH3.BrH.Mg/c1-13(2,17)11-7-9-12(10-8-11)16-18-14(3,4)15(5,6)19-16;1-9(2)10(3,4)16-13(15-9)14-17-11(5,6)12(7,8)18-14;1-9(2,11)7-3-5-8(10)6-4-7;1-11-8(10)6-2-4-7(9)5-3-6;1-2-4-5-3-1;;;/h7-10,17H,1-6H3;1-8H3;3-6,11H,1-2H3;2-5H,1H3;1-4H2;1H3;1H;/q;;;;;-1;;+2/p-1. The Balaban J connectivity index is 0.000000843. The fourth-order valence-corrected chi connectivity index (χ4v) is 6.63. The van der Waals surface area contributed by atoms with Crippen LogP contribution in [0.5, 0.6) is 0 Å². The van der Waals surface area contributed by atoms with E-state index in [9.17, 15) is 15.0 Å². The van der Waals surface area contributed by atoms with Crippen molar-refractivity contribution < 1.29 is 69.4 Å². The summed E-state index contributed by atoms with van der Waals surface area (Å²) in [6.07, 6.45) is 2.56. The minimum absolute atomic E-state index is 0. The van der Waals surface area contributed by atoms with Crippen molar-refractivity contribution in [2.45, 2.75) is 168 Å². The number of aliphatic hydroxyl groups is 2. The molecule has 3 aromatic rings. The molecule has 4 aliphatic rings. The van der Waals surface area contributed by atoms with E-state index in [1.54, 1.807) is 52.0 Å². The van der Waals surface area contributed by atoms with E-state index < -0.39 is 25.2 Å². The number of carbonyl (C=O) groups excluding carboxylic acids is 1. The van der Waals surface area contributed by atoms with Crippen LogP contribution in [-0.4, -0.2) is 114 Å². The fourth-order valence-electron chi connectivity index (χ4n) is 6.10. The smallest absolute Gasteiger partial charge is 1.00 e. The van der Waals surface area contributed by atoms with E-state index in [1.165, 1.54) is 20.0 Å². The summed E-state index contributed by atoms with van der Waals surface area (Å²) in [6, 6.07) is 22.4. The zero-order chi connectivity index (χ0) is 48.7. The Morgan fingerprint density at radius 3 is 1.10 bits per heavy atom. The average molecular weight is 1140 g/mol. The second kappa shape index (κ2) is 26.2. The van der Waals surface area contributed by atoms with E-state index in [2.05, 4.69) is 36.6 Å². The van der Waals surface area contributed by atoms with Crippen LogP contribution in [0, 0.1) is 7.43 Å². The Morgan fingerprint density at radius 2 is 0.836 bits per heavy atom. The van der Waals surface area contributed by atoms with Gasteiger partial charge in [-0.3, -0.25) is 0 Å². The number of esters is 1. The maximum absolute atomic E-state index is 10.9. The van der Waals surface area contributed by atoms with Gasteiger partial charge in [-0.25, -0.2) is 4.79 Å². The Kier molecular flexibility index (Phi) is 25.9. The zero-order valence-corrected chi connectivity index (χ0v) is 49.6. The summed E-state index contributed by atoms with van der Waals surface area (Å²) in [4.78, 5) is 10.9. The summed E-state index contributed by atoms with van der Waals surface area (Å²) in [7, 11) is 0.0673. The van der Waals surface area contributed by atoms with Crippen molar-refractivity contribution in [3.8, 4) is 0 Å². The van der Waals surface area contributed by atoms with Crippen LogP contribution in [0.4, 0.5) is 0 Å². The predicted molar refractivity (Wildman–Crippen MR) is 277 cm³/mol. The third-order valence-corrected chi connectivity index (χ3v) is 13.6. The number of carbonyl (C=O) groups is 1. The monoisotopic (exact) mass is 1130 g/mol. The van der Waals surface area contributed by atoms with E-state index in [4.69, 9.17) is 32.7 Å². The van der Waals surface area contributed by atoms with Crippen LogP contribution in [0.15, 0.2) is 81.7 Å². The first-order valence-corrected chi connectivity index (χ1v) is 23.5. The van der Waals surface area contributed by atoms with Crippen molar-refractivity contribution in [2.24, 2.45) is 0 Å². The van der Waals surface area contributed by atoms with Crippen LogP contribution >= 0.6 is 31.9 Å². The molecule has 0 aliphatic carbocycles. The molecule has 2 N–H and O–H groups in total. The van der Waals surface area contributed by atoms with Crippen molar-refractivity contribution in [3.05, 3.63) is 106 Å². The molecule has 0 radical (unpaired) electrons. The van der Waals surface area contributed by atoms with E-state index in [0.29, 0.717) is 5.56 Å². The maximum Gasteiger partial charge on any atom is 2.00 e. The molecule has 4 saturated heterocycles. The Bertz CT molecular complexity index is 1840. The zero-order valence-electron chi connectivity index (χ0n) is 43.4. The van der Waals surface area contributed by atoms with E-state index in [0.717, 1.165) is 38.7 Å². The summed E-state index contributed by atoms with van der Waals surface area (Å²) in [5.74, 6) is -0.308. The van der Waals surface area contributed by atoms with Crippen LogP contribution in [0.3, 0.4) is 0 Å². The van der Waals surface area contributed by atoms with Crippen molar-refractivity contribution in [3.63, 3.8) is 0 Å². The summed E-state index contributed by atoms with van der Waals surface area (Å²) in [5, 5.41) is 19.5. The van der Waals surface area contributed by atoms with E-state index in [-0.39, 0.29) is 94.2 Å². The first-order chi connectivity index (χ1) is 29.1. The molecule has 3 aromatic carbocycles. The van der Waals surface area contributed by atoms with Gasteiger partial charge in [0, 0.05) is 22.2 Å². The number of halogens is 3. The average Bonchev–Trinajstić information content (AvgIpc) is 3.93. The second-order valence-corrected chi connectivity index (χ2v) is 22.2. The Hall–Kier alpha value is -0.829. The van der Waals surface area contributed by atoms with E-state index >= 15 is 0 Å². The second-order valence-electron chi connectivity index (χ2n) is 20.4. The van der Waals surface area contributed by atoms with Crippen molar-refractivity contribution in [2.75, 3.05) is 20.3 Å². The number of hydrogen-bond acceptors (Lipinski definition) is 11. The number of benzene rings is 3. The molecule has 0 saturated carbocycles. The van der Waals surface area contributed by atoms with Crippen LogP contribution < -0.4 is 22.4 Å². The molecular weight excluding hydrogens is 1060 g/mol. The molecule has 0 unspecified atom stereocenters. The van der Waals surface area contributed by atoms with Gasteiger partial charge in [0.05, 0.1) is 57.5 Å². The van der Waals surface area contributed by atoms with E-state index in [1.807, 2.05) is 132 Å². The van der Waals surface area contributed by atoms with Crippen molar-refractivity contribution in [1.29, 1.82) is 0 Å². The van der Waals surface area contributed by atoms with Crippen LogP contribution in [0.2, 0.25) is 0 Å². The van der Waals surface area contributed by atoms with Crippen molar-refractivity contribution >= 4 is 87.5 Å². The van der Waals surface area contributed by atoms with Gasteiger partial charge in [0.15, 0.2) is 0 Å². The van der Waals surface area contributed by atoms with Gasteiger partial charge in [-0.15, -0.1) is 0 Å². The number of rotatable bonds is 5. The molecule has 18 heteroatoms. The molecule has 67 heavy (non-hydrogen) atoms. The van der Waals surface area contributed by atoms with Gasteiger partial charge in [-0.05, 0) is 177 Å². The maximum atomic E-state index is 10.9. The van der Waals surface area contributed by atoms with Gasteiger partial charge in [0.2, 0.25) is 0 Å². The van der Waals surface area contributed by atoms with Gasteiger partial charge < -0.3 is 72.0 Å². The normalized spacial score (nSPS) is 20.0. The third-order valence-electron chi connectivity index (χ3n) is 12.6. The molecule has 0 amide bonds. The first-order valence-electron chi connectivity index (χ1n) is 21.9. The molecule has 0 bridgehead atoms. The van der Waals surface area contributed by atoms with Crippen LogP contribution in [0.1, 0.15) is 145 Å². The predicted octanol–water partition coefficient (Wildman–Crippen LogP) is 7.24. The molecule has 4 fully saturated rings. The number of ether oxygens (including phenoxy) is 2. The first kappa shape index (κ1) is 66.2. The minimum atomic E-state index is -0.825. The summed E-state index contributed by atoms with van der Waals surface area (Å²) >= 11 is 6.59. The fraction of sp³-hybridized carbons (Fsp3) is 0.592. The minimum Gasteiger partial charge on any atom is -1.00 e. The summed E-state index contributed by atoms with van der Waals surface area (Å²) in [5.41, 5.74) is -0.296. The van der Waals surface area contributed by atoms with Gasteiger partial charge in [0.1, 0.15) is 0 Å². The molecule has 7 rings (SSSR count). The summed E-state index contributed by atoms with van der Waals surface area (Å²) in [6.45, 7) is 33.5. The molecular formula is C49H76B3Br3MgO11. The van der Waals surface area contributed by atoms with Gasteiger partial charge >= 0.3 is 50.2 Å². The quantitative estimate of drug-likeness (QED) is 0.152. The SMILES string of the molecule is C1CCOC1.CC(C)(O)c1ccc(B2OC(C)(C)C(C)(C)O2)cc1.CC(C)(O)c1ccc(Br)cc1.CC1(C)OB(B2OC(C)(C)C(C)(C)O2)OC1(C)C.COC(=O)c1ccc(Br)cc1.[Br-].[CH3-].[Mg+2]. The Morgan fingerprint density at radius 1 is 0.552 bits per heavy atom. The molecule has 0 aromatic heterocycles. The van der Waals surface area contributed by atoms with Crippen molar-refractivity contribution in [1.82, 2.24) is 0 Å². The summed E-state index contributed by atoms with van der Waals surface area (Å²) < 4.78 is 47.3. The van der Waals surface area contributed by atoms with Gasteiger partial charge in [0.25, 0.3) is 0 Å². The number of hydrogen-bond donors (Lipinski definition) is 2. The molecule has 4 aliphatic heterocycles. The van der Waals surface area contributed by atoms with Crippen LogP contribution in [-0.2, 0) is 48.6 Å².